The Kier molecular flexibility index (Phi) is 4.72. The van der Waals surface area contributed by atoms with E-state index in [9.17, 15) is 4.79 Å². The summed E-state index contributed by atoms with van der Waals surface area (Å²) in [5, 5.41) is 3.84. The quantitative estimate of drug-likeness (QED) is 0.682. The lowest BCUT2D eigenvalue weighted by molar-refractivity contribution is 0.0950. The van der Waals surface area contributed by atoms with E-state index in [1.165, 1.54) is 24.8 Å². The summed E-state index contributed by atoms with van der Waals surface area (Å²) in [5.41, 5.74) is 4.79. The highest BCUT2D eigenvalue weighted by molar-refractivity contribution is 5.92. The third kappa shape index (κ3) is 3.84. The normalized spacial score (nSPS) is 11.6. The van der Waals surface area contributed by atoms with Crippen LogP contribution in [0.15, 0.2) is 60.1 Å². The van der Waals surface area contributed by atoms with E-state index in [0.717, 1.165) is 11.1 Å². The Hall–Kier alpha value is -2.82. The SMILES string of the molecule is CC(=CC=NNC(=O)c1cnccn1)c1ccccc1. The molecule has 100 valence electrons. The van der Waals surface area contributed by atoms with Gasteiger partial charge in [0.25, 0.3) is 5.91 Å². The number of amides is 1. The van der Waals surface area contributed by atoms with Crippen LogP contribution < -0.4 is 5.43 Å². The first kappa shape index (κ1) is 13.6. The Morgan fingerprint density at radius 2 is 2.05 bits per heavy atom. The van der Waals surface area contributed by atoms with Crippen LogP contribution in [0.25, 0.3) is 5.57 Å². The highest BCUT2D eigenvalue weighted by Gasteiger charge is 2.03. The number of aromatic nitrogens is 2. The van der Waals surface area contributed by atoms with Gasteiger partial charge in [-0.2, -0.15) is 5.10 Å². The molecule has 5 nitrogen and oxygen atoms in total. The van der Waals surface area contributed by atoms with Crippen LogP contribution in [0.2, 0.25) is 0 Å². The van der Waals surface area contributed by atoms with Gasteiger partial charge in [0.05, 0.1) is 6.20 Å². The summed E-state index contributed by atoms with van der Waals surface area (Å²) in [4.78, 5) is 19.3. The lowest BCUT2D eigenvalue weighted by Crippen LogP contribution is -2.18. The van der Waals surface area contributed by atoms with Crippen LogP contribution in [-0.2, 0) is 0 Å². The summed E-state index contributed by atoms with van der Waals surface area (Å²) in [6.07, 6.45) is 7.71. The molecule has 1 heterocycles. The molecule has 0 atom stereocenters. The van der Waals surface area contributed by atoms with Crippen molar-refractivity contribution >= 4 is 17.7 Å². The maximum absolute atomic E-state index is 11.6. The Bertz CT molecular complexity index is 621. The van der Waals surface area contributed by atoms with Crippen molar-refractivity contribution in [3.8, 4) is 0 Å². The summed E-state index contributed by atoms with van der Waals surface area (Å²) in [6, 6.07) is 9.93. The van der Waals surface area contributed by atoms with Gasteiger partial charge in [-0.25, -0.2) is 10.4 Å². The fraction of sp³-hybridized carbons (Fsp3) is 0.0667. The first-order valence-electron chi connectivity index (χ1n) is 6.09. The number of rotatable bonds is 4. The van der Waals surface area contributed by atoms with E-state index >= 15 is 0 Å². The van der Waals surface area contributed by atoms with Crippen LogP contribution >= 0.6 is 0 Å². The highest BCUT2D eigenvalue weighted by atomic mass is 16.2. The molecule has 0 aliphatic rings. The second-order valence-corrected chi connectivity index (χ2v) is 4.03. The summed E-state index contributed by atoms with van der Waals surface area (Å²) in [7, 11) is 0. The summed E-state index contributed by atoms with van der Waals surface area (Å²) < 4.78 is 0. The molecular formula is C15H14N4O. The molecule has 1 aromatic heterocycles. The second-order valence-electron chi connectivity index (χ2n) is 4.03. The maximum Gasteiger partial charge on any atom is 0.291 e. The minimum absolute atomic E-state index is 0.230. The van der Waals surface area contributed by atoms with Crippen LogP contribution in [0.1, 0.15) is 23.0 Å². The average Bonchev–Trinajstić information content (AvgIpc) is 2.53. The summed E-state index contributed by atoms with van der Waals surface area (Å²) in [6.45, 7) is 1.98. The zero-order valence-corrected chi connectivity index (χ0v) is 11.0. The Morgan fingerprint density at radius 1 is 1.25 bits per heavy atom. The Morgan fingerprint density at radius 3 is 2.75 bits per heavy atom. The van der Waals surface area contributed by atoms with Gasteiger partial charge in [0.1, 0.15) is 5.69 Å². The number of hydrogen-bond donors (Lipinski definition) is 1. The van der Waals surface area contributed by atoms with E-state index in [0.29, 0.717) is 0 Å². The Balaban J connectivity index is 1.93. The molecule has 0 fully saturated rings. The molecule has 0 spiro atoms. The zero-order chi connectivity index (χ0) is 14.2. The fourth-order valence-electron chi connectivity index (χ4n) is 1.52. The Labute approximate surface area is 117 Å². The van der Waals surface area contributed by atoms with Crippen molar-refractivity contribution in [2.24, 2.45) is 5.10 Å². The van der Waals surface area contributed by atoms with E-state index in [4.69, 9.17) is 0 Å². The number of allylic oxidation sites excluding steroid dienone is 2. The van der Waals surface area contributed by atoms with Crippen LogP contribution in [0, 0.1) is 0 Å². The van der Waals surface area contributed by atoms with Gasteiger partial charge in [-0.3, -0.25) is 9.78 Å². The molecule has 0 radical (unpaired) electrons. The number of benzene rings is 1. The van der Waals surface area contributed by atoms with Gasteiger partial charge >= 0.3 is 0 Å². The highest BCUT2D eigenvalue weighted by Crippen LogP contribution is 2.11. The minimum atomic E-state index is -0.389. The largest absolute Gasteiger partial charge is 0.291 e. The van der Waals surface area contributed by atoms with Crippen molar-refractivity contribution in [3.05, 3.63) is 66.3 Å². The molecule has 2 aromatic rings. The van der Waals surface area contributed by atoms with Gasteiger partial charge in [0.15, 0.2) is 0 Å². The molecule has 0 saturated heterocycles. The van der Waals surface area contributed by atoms with Crippen LogP contribution in [0.4, 0.5) is 0 Å². The summed E-state index contributed by atoms with van der Waals surface area (Å²) in [5.74, 6) is -0.389. The molecule has 0 aliphatic carbocycles. The van der Waals surface area contributed by atoms with Crippen molar-refractivity contribution in [2.45, 2.75) is 6.92 Å². The predicted octanol–water partition coefficient (Wildman–Crippen LogP) is 2.30. The standard InChI is InChI=1S/C15H14N4O/c1-12(13-5-3-2-4-6-13)7-8-18-19-15(20)14-11-16-9-10-17-14/h2-11H,1H3,(H,19,20). The van der Waals surface area contributed by atoms with Crippen molar-refractivity contribution in [2.75, 3.05) is 0 Å². The number of nitrogens with zero attached hydrogens (tertiary/aromatic N) is 3. The molecule has 1 aromatic carbocycles. The minimum Gasteiger partial charge on any atom is -0.265 e. The van der Waals surface area contributed by atoms with Gasteiger partial charge in [0, 0.05) is 18.6 Å². The molecule has 0 aliphatic heterocycles. The topological polar surface area (TPSA) is 67.2 Å². The van der Waals surface area contributed by atoms with Gasteiger partial charge in [0.2, 0.25) is 0 Å². The fourth-order valence-corrected chi connectivity index (χ4v) is 1.52. The van der Waals surface area contributed by atoms with Gasteiger partial charge in [-0.1, -0.05) is 30.3 Å². The van der Waals surface area contributed by atoms with E-state index in [1.807, 2.05) is 43.3 Å². The monoisotopic (exact) mass is 266 g/mol. The van der Waals surface area contributed by atoms with Gasteiger partial charge in [-0.05, 0) is 24.1 Å². The predicted molar refractivity (Wildman–Crippen MR) is 78.1 cm³/mol. The molecule has 1 N–H and O–H groups in total. The molecular weight excluding hydrogens is 252 g/mol. The number of nitrogens with one attached hydrogen (secondary N) is 1. The van der Waals surface area contributed by atoms with Crippen molar-refractivity contribution in [1.82, 2.24) is 15.4 Å². The zero-order valence-electron chi connectivity index (χ0n) is 11.0. The number of carbonyl (C=O) groups is 1. The number of hydrogen-bond acceptors (Lipinski definition) is 4. The molecule has 5 heteroatoms. The van der Waals surface area contributed by atoms with Crippen molar-refractivity contribution in [3.63, 3.8) is 0 Å². The van der Waals surface area contributed by atoms with Gasteiger partial charge < -0.3 is 0 Å². The average molecular weight is 266 g/mol. The molecule has 0 bridgehead atoms. The van der Waals surface area contributed by atoms with E-state index in [-0.39, 0.29) is 11.6 Å². The second kappa shape index (κ2) is 6.94. The summed E-state index contributed by atoms with van der Waals surface area (Å²) >= 11 is 0. The van der Waals surface area contributed by atoms with Crippen molar-refractivity contribution in [1.29, 1.82) is 0 Å². The smallest absolute Gasteiger partial charge is 0.265 e. The molecule has 2 rings (SSSR count). The molecule has 1 amide bonds. The molecule has 20 heavy (non-hydrogen) atoms. The van der Waals surface area contributed by atoms with E-state index < -0.39 is 0 Å². The van der Waals surface area contributed by atoms with E-state index in [1.54, 1.807) is 0 Å². The lowest BCUT2D eigenvalue weighted by atomic mass is 10.1. The third-order valence-corrected chi connectivity index (χ3v) is 2.59. The molecule has 0 unspecified atom stereocenters. The van der Waals surface area contributed by atoms with Gasteiger partial charge in [-0.15, -0.1) is 0 Å². The van der Waals surface area contributed by atoms with Crippen LogP contribution in [0.5, 0.6) is 0 Å². The first-order chi connectivity index (χ1) is 9.77. The van der Waals surface area contributed by atoms with Crippen LogP contribution in [0.3, 0.4) is 0 Å². The maximum atomic E-state index is 11.6. The third-order valence-electron chi connectivity index (χ3n) is 2.59. The van der Waals surface area contributed by atoms with Crippen molar-refractivity contribution < 1.29 is 4.79 Å². The lowest BCUT2D eigenvalue weighted by Gasteiger charge is -1.99. The first-order valence-corrected chi connectivity index (χ1v) is 6.09. The molecule has 0 saturated carbocycles. The van der Waals surface area contributed by atoms with Crippen LogP contribution in [-0.4, -0.2) is 22.1 Å². The number of hydrazone groups is 1. The number of carbonyl (C=O) groups excluding carboxylic acids is 1. The van der Waals surface area contributed by atoms with E-state index in [2.05, 4.69) is 20.5 Å².